The van der Waals surface area contributed by atoms with Gasteiger partial charge in [-0.05, 0) is 46.7 Å². The van der Waals surface area contributed by atoms with Crippen LogP contribution in [0.3, 0.4) is 0 Å². The first-order chi connectivity index (χ1) is 11.7. The third-order valence-corrected chi connectivity index (χ3v) is 5.24. The lowest BCUT2D eigenvalue weighted by atomic mass is 10.0. The van der Waals surface area contributed by atoms with E-state index in [0.717, 1.165) is 31.6 Å². The Morgan fingerprint density at radius 2 is 1.75 bits per heavy atom. The molecule has 0 amide bonds. The van der Waals surface area contributed by atoms with E-state index < -0.39 is 0 Å². The van der Waals surface area contributed by atoms with E-state index in [1.807, 2.05) is 48.5 Å². The monoisotopic (exact) mass is 352 g/mol. The predicted molar refractivity (Wildman–Crippen MR) is 101 cm³/mol. The average Bonchev–Trinajstić information content (AvgIpc) is 2.60. The van der Waals surface area contributed by atoms with E-state index in [9.17, 15) is 4.79 Å². The van der Waals surface area contributed by atoms with Gasteiger partial charge in [-0.3, -0.25) is 0 Å². The largest absolute Gasteiger partial charge is 0.423 e. The van der Waals surface area contributed by atoms with Gasteiger partial charge in [0, 0.05) is 27.1 Å². The number of rotatable bonds is 3. The maximum Gasteiger partial charge on any atom is 0.336 e. The quantitative estimate of drug-likeness (QED) is 0.261. The zero-order valence-corrected chi connectivity index (χ0v) is 14.2. The molecule has 0 aliphatic rings. The van der Waals surface area contributed by atoms with Crippen molar-refractivity contribution >= 4 is 45.1 Å². The summed E-state index contributed by atoms with van der Waals surface area (Å²) >= 11 is 7.61. The van der Waals surface area contributed by atoms with E-state index in [0.29, 0.717) is 11.3 Å². The van der Waals surface area contributed by atoms with Gasteiger partial charge in [-0.25, -0.2) is 4.79 Å². The fourth-order valence-electron chi connectivity index (χ4n) is 2.83. The van der Waals surface area contributed by atoms with Crippen LogP contribution >= 0.6 is 23.4 Å². The topological polar surface area (TPSA) is 30.2 Å². The smallest absolute Gasteiger partial charge is 0.336 e. The number of hydrogen-bond donors (Lipinski definition) is 0. The van der Waals surface area contributed by atoms with Crippen LogP contribution in [0.4, 0.5) is 0 Å². The number of benzene rings is 3. The lowest BCUT2D eigenvalue weighted by Crippen LogP contribution is -2.00. The highest BCUT2D eigenvalue weighted by molar-refractivity contribution is 7.98. The molecule has 1 aromatic heterocycles. The summed E-state index contributed by atoms with van der Waals surface area (Å²) in [4.78, 5) is 13.0. The fraction of sp³-hybridized carbons (Fsp3) is 0.0500. The minimum atomic E-state index is -0.315. The van der Waals surface area contributed by atoms with Crippen molar-refractivity contribution in [1.29, 1.82) is 0 Å². The Balaban J connectivity index is 1.82. The van der Waals surface area contributed by atoms with Gasteiger partial charge in [-0.2, -0.15) is 0 Å². The second kappa shape index (κ2) is 6.34. The second-order valence-electron chi connectivity index (χ2n) is 5.49. The summed E-state index contributed by atoms with van der Waals surface area (Å²) in [5.74, 6) is 0.692. The number of hydrogen-bond acceptors (Lipinski definition) is 3. The van der Waals surface area contributed by atoms with Crippen molar-refractivity contribution in [1.82, 2.24) is 0 Å². The third-order valence-electron chi connectivity index (χ3n) is 3.92. The van der Waals surface area contributed by atoms with Gasteiger partial charge < -0.3 is 4.42 Å². The van der Waals surface area contributed by atoms with Crippen LogP contribution in [-0.4, -0.2) is 0 Å². The van der Waals surface area contributed by atoms with Crippen molar-refractivity contribution in [2.24, 2.45) is 0 Å². The van der Waals surface area contributed by atoms with Crippen molar-refractivity contribution in [2.75, 3.05) is 0 Å². The lowest BCUT2D eigenvalue weighted by molar-refractivity contribution is 0.560. The predicted octanol–water partition coefficient (Wildman–Crippen LogP) is 5.89. The highest BCUT2D eigenvalue weighted by Crippen LogP contribution is 2.31. The lowest BCUT2D eigenvalue weighted by Gasteiger charge is -2.09. The van der Waals surface area contributed by atoms with Crippen LogP contribution in [0.2, 0.25) is 5.02 Å². The second-order valence-corrected chi connectivity index (χ2v) is 6.98. The molecule has 0 saturated carbocycles. The number of halogens is 1. The molecule has 0 radical (unpaired) electrons. The first kappa shape index (κ1) is 15.3. The van der Waals surface area contributed by atoms with Crippen LogP contribution in [0, 0.1) is 0 Å². The molecular formula is C20H13ClO2S. The molecule has 0 spiro atoms. The van der Waals surface area contributed by atoms with Gasteiger partial charge in [0.05, 0.1) is 0 Å². The van der Waals surface area contributed by atoms with Gasteiger partial charge in [0.2, 0.25) is 0 Å². The van der Waals surface area contributed by atoms with E-state index in [-0.39, 0.29) is 5.63 Å². The summed E-state index contributed by atoms with van der Waals surface area (Å²) in [6.45, 7) is 0. The van der Waals surface area contributed by atoms with Crippen molar-refractivity contribution in [2.45, 2.75) is 10.6 Å². The zero-order valence-electron chi connectivity index (χ0n) is 12.7. The third kappa shape index (κ3) is 2.93. The normalized spacial score (nSPS) is 11.2. The van der Waals surface area contributed by atoms with Gasteiger partial charge in [0.1, 0.15) is 5.58 Å². The van der Waals surface area contributed by atoms with Crippen LogP contribution in [0.1, 0.15) is 5.56 Å². The van der Waals surface area contributed by atoms with Crippen LogP contribution in [0.5, 0.6) is 0 Å². The molecule has 24 heavy (non-hydrogen) atoms. The molecule has 3 aromatic carbocycles. The van der Waals surface area contributed by atoms with Crippen LogP contribution < -0.4 is 5.63 Å². The van der Waals surface area contributed by atoms with E-state index in [4.69, 9.17) is 16.0 Å². The molecule has 2 nitrogen and oxygen atoms in total. The molecule has 0 bridgehead atoms. The summed E-state index contributed by atoms with van der Waals surface area (Å²) in [5.41, 5.74) is 1.30. The molecular weight excluding hydrogens is 340 g/mol. The van der Waals surface area contributed by atoms with Crippen molar-refractivity contribution < 1.29 is 4.42 Å². The van der Waals surface area contributed by atoms with Crippen molar-refractivity contribution in [3.8, 4) is 0 Å². The highest BCUT2D eigenvalue weighted by atomic mass is 35.5. The van der Waals surface area contributed by atoms with Gasteiger partial charge in [0.25, 0.3) is 0 Å². The first-order valence-electron chi connectivity index (χ1n) is 7.53. The van der Waals surface area contributed by atoms with E-state index in [1.54, 1.807) is 17.8 Å². The molecule has 0 fully saturated rings. The Hall–Kier alpha value is -2.23. The van der Waals surface area contributed by atoms with Crippen LogP contribution in [0.25, 0.3) is 21.7 Å². The maximum absolute atomic E-state index is 11.9. The summed E-state index contributed by atoms with van der Waals surface area (Å²) in [6.07, 6.45) is 0. The SMILES string of the molecule is O=c1cc(CSc2ccc(Cl)cc2)c2c(ccc3ccccc32)o1. The van der Waals surface area contributed by atoms with Crippen LogP contribution in [0.15, 0.2) is 80.8 Å². The fourth-order valence-corrected chi connectivity index (χ4v) is 3.83. The number of thioether (sulfide) groups is 1. The van der Waals surface area contributed by atoms with Gasteiger partial charge in [-0.1, -0.05) is 41.9 Å². The van der Waals surface area contributed by atoms with E-state index in [2.05, 4.69) is 12.1 Å². The molecule has 1 heterocycles. The number of fused-ring (bicyclic) bond motifs is 3. The molecule has 4 aromatic rings. The van der Waals surface area contributed by atoms with E-state index >= 15 is 0 Å². The molecule has 4 heteroatoms. The summed E-state index contributed by atoms with van der Waals surface area (Å²) in [6, 6.07) is 21.3. The Bertz CT molecular complexity index is 1080. The molecule has 0 N–H and O–H groups in total. The zero-order chi connectivity index (χ0) is 16.5. The summed E-state index contributed by atoms with van der Waals surface area (Å²) in [5, 5.41) is 3.97. The minimum absolute atomic E-state index is 0.315. The molecule has 0 saturated heterocycles. The summed E-state index contributed by atoms with van der Waals surface area (Å²) < 4.78 is 5.40. The standard InChI is InChI=1S/C20H13ClO2S/c21-15-6-8-16(9-7-15)24-12-14-11-19(22)23-18-10-5-13-3-1-2-4-17(13)20(14)18/h1-11H,12H2. The van der Waals surface area contributed by atoms with Crippen molar-refractivity contribution in [3.63, 3.8) is 0 Å². The molecule has 118 valence electrons. The van der Waals surface area contributed by atoms with Gasteiger partial charge in [0.15, 0.2) is 0 Å². The molecule has 0 aliphatic heterocycles. The minimum Gasteiger partial charge on any atom is -0.423 e. The Morgan fingerprint density at radius 3 is 2.58 bits per heavy atom. The molecule has 0 unspecified atom stereocenters. The summed E-state index contributed by atoms with van der Waals surface area (Å²) in [7, 11) is 0. The van der Waals surface area contributed by atoms with Crippen LogP contribution in [-0.2, 0) is 5.75 Å². The average molecular weight is 353 g/mol. The highest BCUT2D eigenvalue weighted by Gasteiger charge is 2.10. The Labute approximate surface area is 148 Å². The van der Waals surface area contributed by atoms with E-state index in [1.165, 1.54) is 0 Å². The first-order valence-corrected chi connectivity index (χ1v) is 8.90. The molecule has 0 atom stereocenters. The Morgan fingerprint density at radius 1 is 0.958 bits per heavy atom. The van der Waals surface area contributed by atoms with Gasteiger partial charge >= 0.3 is 5.63 Å². The maximum atomic E-state index is 11.9. The Kier molecular flexibility index (Phi) is 4.05. The molecule has 0 aliphatic carbocycles. The van der Waals surface area contributed by atoms with Gasteiger partial charge in [-0.15, -0.1) is 11.8 Å². The van der Waals surface area contributed by atoms with Crippen molar-refractivity contribution in [3.05, 3.63) is 87.7 Å². The molecule has 4 rings (SSSR count).